The van der Waals surface area contributed by atoms with Gasteiger partial charge in [0.2, 0.25) is 0 Å². The normalized spacial score (nSPS) is 22.8. The van der Waals surface area contributed by atoms with E-state index in [9.17, 15) is 14.7 Å². The lowest BCUT2D eigenvalue weighted by Gasteiger charge is -2.42. The molecule has 0 saturated heterocycles. The first-order valence-corrected chi connectivity index (χ1v) is 7.86. The largest absolute Gasteiger partial charge is 0.480 e. The summed E-state index contributed by atoms with van der Waals surface area (Å²) in [6.45, 7) is 7.95. The second-order valence-electron chi connectivity index (χ2n) is 6.81. The maximum Gasteiger partial charge on any atom is 0.317 e. The Labute approximate surface area is 132 Å². The third kappa shape index (κ3) is 6.62. The predicted molar refractivity (Wildman–Crippen MR) is 83.7 cm³/mol. The molecule has 1 saturated carbocycles. The average molecular weight is 315 g/mol. The van der Waals surface area contributed by atoms with Crippen molar-refractivity contribution in [2.75, 3.05) is 13.1 Å². The maximum absolute atomic E-state index is 11.9. The van der Waals surface area contributed by atoms with Crippen molar-refractivity contribution in [3.8, 4) is 0 Å². The van der Waals surface area contributed by atoms with Gasteiger partial charge in [-0.05, 0) is 46.6 Å². The van der Waals surface area contributed by atoms with Crippen LogP contribution in [0.5, 0.6) is 0 Å². The van der Waals surface area contributed by atoms with Gasteiger partial charge in [-0.25, -0.2) is 4.79 Å². The highest BCUT2D eigenvalue weighted by Gasteiger charge is 2.34. The quantitative estimate of drug-likeness (QED) is 0.530. The van der Waals surface area contributed by atoms with Crippen LogP contribution >= 0.6 is 0 Å². The van der Waals surface area contributed by atoms with E-state index in [0.29, 0.717) is 13.0 Å². The number of rotatable bonds is 8. The van der Waals surface area contributed by atoms with Crippen molar-refractivity contribution in [1.29, 1.82) is 0 Å². The molecule has 0 aliphatic heterocycles. The van der Waals surface area contributed by atoms with Crippen molar-refractivity contribution in [3.05, 3.63) is 0 Å². The van der Waals surface area contributed by atoms with E-state index in [1.165, 1.54) is 0 Å². The molecule has 0 bridgehead atoms. The lowest BCUT2D eigenvalue weighted by atomic mass is 9.85. The molecule has 1 unspecified atom stereocenters. The van der Waals surface area contributed by atoms with Crippen molar-refractivity contribution in [2.45, 2.75) is 70.7 Å². The van der Waals surface area contributed by atoms with Crippen molar-refractivity contribution >= 4 is 12.0 Å². The van der Waals surface area contributed by atoms with Crippen LogP contribution in [0.2, 0.25) is 0 Å². The zero-order valence-corrected chi connectivity index (χ0v) is 13.9. The van der Waals surface area contributed by atoms with E-state index >= 15 is 0 Å². The number of amides is 2. The van der Waals surface area contributed by atoms with Gasteiger partial charge in [0, 0.05) is 18.1 Å². The molecule has 22 heavy (non-hydrogen) atoms. The fourth-order valence-electron chi connectivity index (χ4n) is 2.93. The van der Waals surface area contributed by atoms with Crippen LogP contribution in [0.4, 0.5) is 4.79 Å². The summed E-state index contributed by atoms with van der Waals surface area (Å²) in [5, 5.41) is 24.3. The molecule has 7 heteroatoms. The van der Waals surface area contributed by atoms with Gasteiger partial charge in [0.15, 0.2) is 0 Å². The molecule has 1 aliphatic rings. The fraction of sp³-hybridized carbons (Fsp3) is 0.867. The van der Waals surface area contributed by atoms with Gasteiger partial charge in [-0.3, -0.25) is 9.69 Å². The fourth-order valence-corrected chi connectivity index (χ4v) is 2.93. The lowest BCUT2D eigenvalue weighted by Crippen LogP contribution is -2.57. The molecular formula is C15H29N3O4. The number of carbonyl (C=O) groups is 2. The van der Waals surface area contributed by atoms with E-state index in [1.54, 1.807) is 13.8 Å². The number of hydrogen-bond acceptors (Lipinski definition) is 4. The molecular weight excluding hydrogens is 286 g/mol. The molecule has 1 aliphatic carbocycles. The van der Waals surface area contributed by atoms with E-state index in [2.05, 4.69) is 10.6 Å². The third-order valence-corrected chi connectivity index (χ3v) is 3.89. The molecule has 1 rings (SSSR count). The second-order valence-corrected chi connectivity index (χ2v) is 6.81. The summed E-state index contributed by atoms with van der Waals surface area (Å²) in [6, 6.07) is -0.0427. The SMILES string of the molecule is CCN(CC(=O)O)C1CC(NC(=O)NC(C)CC(C)(C)O)C1. The molecule has 1 fully saturated rings. The smallest absolute Gasteiger partial charge is 0.317 e. The molecule has 0 aromatic rings. The summed E-state index contributed by atoms with van der Waals surface area (Å²) in [4.78, 5) is 24.5. The Bertz CT molecular complexity index is 389. The Balaban J connectivity index is 2.27. The van der Waals surface area contributed by atoms with Gasteiger partial charge in [0.1, 0.15) is 0 Å². The van der Waals surface area contributed by atoms with E-state index in [4.69, 9.17) is 5.11 Å². The van der Waals surface area contributed by atoms with Crippen LogP contribution in [-0.4, -0.2) is 63.9 Å². The van der Waals surface area contributed by atoms with Crippen LogP contribution in [0, 0.1) is 0 Å². The van der Waals surface area contributed by atoms with Crippen LogP contribution in [-0.2, 0) is 4.79 Å². The summed E-state index contributed by atoms with van der Waals surface area (Å²) in [6.07, 6.45) is 2.03. The Kier molecular flexibility index (Phi) is 6.62. The van der Waals surface area contributed by atoms with Gasteiger partial charge >= 0.3 is 12.0 Å². The Hall–Kier alpha value is -1.34. The van der Waals surface area contributed by atoms with Crippen molar-refractivity contribution < 1.29 is 19.8 Å². The van der Waals surface area contributed by atoms with Crippen LogP contribution < -0.4 is 10.6 Å². The van der Waals surface area contributed by atoms with Crippen LogP contribution in [0.3, 0.4) is 0 Å². The van der Waals surface area contributed by atoms with Crippen molar-refractivity contribution in [3.63, 3.8) is 0 Å². The molecule has 7 nitrogen and oxygen atoms in total. The van der Waals surface area contributed by atoms with Gasteiger partial charge in [0.05, 0.1) is 12.1 Å². The zero-order chi connectivity index (χ0) is 16.9. The number of nitrogens with one attached hydrogen (secondary N) is 2. The Morgan fingerprint density at radius 2 is 1.95 bits per heavy atom. The number of nitrogens with zero attached hydrogens (tertiary/aromatic N) is 1. The van der Waals surface area contributed by atoms with Gasteiger partial charge in [0.25, 0.3) is 0 Å². The van der Waals surface area contributed by atoms with E-state index < -0.39 is 11.6 Å². The minimum atomic E-state index is -0.823. The van der Waals surface area contributed by atoms with Crippen molar-refractivity contribution in [1.82, 2.24) is 15.5 Å². The van der Waals surface area contributed by atoms with Crippen LogP contribution in [0.25, 0.3) is 0 Å². The molecule has 0 radical (unpaired) electrons. The van der Waals surface area contributed by atoms with Gasteiger partial charge in [-0.2, -0.15) is 0 Å². The molecule has 0 heterocycles. The highest BCUT2D eigenvalue weighted by atomic mass is 16.4. The number of aliphatic carboxylic acids is 1. The summed E-state index contributed by atoms with van der Waals surface area (Å²) >= 11 is 0. The molecule has 1 atom stereocenters. The van der Waals surface area contributed by atoms with E-state index in [-0.39, 0.29) is 30.7 Å². The molecule has 0 aromatic carbocycles. The van der Waals surface area contributed by atoms with Gasteiger partial charge in [-0.1, -0.05) is 6.92 Å². The minimum absolute atomic E-state index is 0.0443. The van der Waals surface area contributed by atoms with Crippen molar-refractivity contribution in [2.24, 2.45) is 0 Å². The first-order valence-electron chi connectivity index (χ1n) is 7.86. The number of hydrogen-bond donors (Lipinski definition) is 4. The molecule has 2 amide bonds. The van der Waals surface area contributed by atoms with Gasteiger partial charge in [-0.15, -0.1) is 0 Å². The molecule has 4 N–H and O–H groups in total. The van der Waals surface area contributed by atoms with E-state index in [1.807, 2.05) is 18.7 Å². The Morgan fingerprint density at radius 3 is 2.41 bits per heavy atom. The number of carbonyl (C=O) groups excluding carboxylic acids is 1. The molecule has 128 valence electrons. The first kappa shape index (κ1) is 18.7. The maximum atomic E-state index is 11.9. The Morgan fingerprint density at radius 1 is 1.36 bits per heavy atom. The first-order chi connectivity index (χ1) is 10.1. The molecule has 0 aromatic heterocycles. The highest BCUT2D eigenvalue weighted by molar-refractivity contribution is 5.74. The predicted octanol–water partition coefficient (Wildman–Crippen LogP) is 0.773. The molecule has 0 spiro atoms. The number of aliphatic hydroxyl groups is 1. The zero-order valence-electron chi connectivity index (χ0n) is 13.9. The monoisotopic (exact) mass is 315 g/mol. The topological polar surface area (TPSA) is 102 Å². The minimum Gasteiger partial charge on any atom is -0.480 e. The summed E-state index contributed by atoms with van der Waals surface area (Å²) in [7, 11) is 0. The summed E-state index contributed by atoms with van der Waals surface area (Å²) < 4.78 is 0. The number of carboxylic acid groups (broad SMARTS) is 1. The summed E-state index contributed by atoms with van der Waals surface area (Å²) in [5.41, 5.74) is -0.813. The average Bonchev–Trinajstić information content (AvgIpc) is 2.27. The second kappa shape index (κ2) is 7.78. The van der Waals surface area contributed by atoms with Crippen LogP contribution in [0.1, 0.15) is 47.0 Å². The third-order valence-electron chi connectivity index (χ3n) is 3.89. The van der Waals surface area contributed by atoms with E-state index in [0.717, 1.165) is 12.8 Å². The summed E-state index contributed by atoms with van der Waals surface area (Å²) in [5.74, 6) is -0.823. The number of likely N-dealkylation sites (N-methyl/N-ethyl adjacent to an activating group) is 1. The lowest BCUT2D eigenvalue weighted by molar-refractivity contribution is -0.139. The van der Waals surface area contributed by atoms with Gasteiger partial charge < -0.3 is 20.8 Å². The van der Waals surface area contributed by atoms with Crippen LogP contribution in [0.15, 0.2) is 0 Å². The highest BCUT2D eigenvalue weighted by Crippen LogP contribution is 2.25. The number of urea groups is 1. The standard InChI is InChI=1S/C15H29N3O4/c1-5-18(9-13(19)20)12-6-11(7-12)17-14(21)16-10(2)8-15(3,4)22/h10-12,22H,5-9H2,1-4H3,(H,19,20)(H2,16,17,21). The number of carboxylic acids is 1.